The summed E-state index contributed by atoms with van der Waals surface area (Å²) < 4.78 is 0. The first-order valence-corrected chi connectivity index (χ1v) is 5.84. The quantitative estimate of drug-likeness (QED) is 0.722. The Bertz CT molecular complexity index is 202. The van der Waals surface area contributed by atoms with Crippen LogP contribution in [0.4, 0.5) is 0 Å². The summed E-state index contributed by atoms with van der Waals surface area (Å²) in [5.74, 6) is 0.253. The van der Waals surface area contributed by atoms with Gasteiger partial charge in [-0.1, -0.05) is 0 Å². The summed E-state index contributed by atoms with van der Waals surface area (Å²) in [7, 11) is 1.87. The molecule has 0 radical (unpaired) electrons. The van der Waals surface area contributed by atoms with Crippen molar-refractivity contribution < 1.29 is 4.79 Å². The third-order valence-corrected chi connectivity index (χ3v) is 3.15. The number of carbonyl (C=O) groups excluding carboxylic acids is 1. The molecule has 1 amide bonds. The van der Waals surface area contributed by atoms with Gasteiger partial charge in [0.05, 0.1) is 0 Å². The highest BCUT2D eigenvalue weighted by Gasteiger charge is 2.19. The van der Waals surface area contributed by atoms with Crippen LogP contribution in [0.3, 0.4) is 0 Å². The van der Waals surface area contributed by atoms with E-state index in [4.69, 9.17) is 0 Å². The molecule has 0 bridgehead atoms. The van der Waals surface area contributed by atoms with E-state index in [-0.39, 0.29) is 5.91 Å². The number of carbonyl (C=O) groups is 1. The van der Waals surface area contributed by atoms with Gasteiger partial charge in [0.25, 0.3) is 0 Å². The van der Waals surface area contributed by atoms with Gasteiger partial charge in [-0.15, -0.1) is 0 Å². The van der Waals surface area contributed by atoms with Crippen LogP contribution in [-0.4, -0.2) is 61.5 Å². The first kappa shape index (κ1) is 12.5. The molecule has 1 unspecified atom stereocenters. The maximum atomic E-state index is 11.7. The van der Waals surface area contributed by atoms with E-state index >= 15 is 0 Å². The predicted octanol–water partition coefficient (Wildman–Crippen LogP) is 0.149. The third kappa shape index (κ3) is 3.80. The fourth-order valence-electron chi connectivity index (χ4n) is 1.84. The normalized spacial score (nSPS) is 19.9. The topological polar surface area (TPSA) is 35.6 Å². The molecule has 0 aromatic rings. The molecule has 4 heteroatoms. The summed E-state index contributed by atoms with van der Waals surface area (Å²) in [6.45, 7) is 9.16. The minimum absolute atomic E-state index is 0.253. The SMILES string of the molecule is CCN(C)C(=O)CC(C)N1CCNCC1. The smallest absolute Gasteiger partial charge is 0.223 e. The van der Waals surface area contributed by atoms with E-state index in [9.17, 15) is 4.79 Å². The van der Waals surface area contributed by atoms with Gasteiger partial charge in [-0.25, -0.2) is 0 Å². The lowest BCUT2D eigenvalue weighted by atomic mass is 10.1. The fourth-order valence-corrected chi connectivity index (χ4v) is 1.84. The van der Waals surface area contributed by atoms with Gasteiger partial charge in [-0.2, -0.15) is 0 Å². The molecule has 0 spiro atoms. The highest BCUT2D eigenvalue weighted by molar-refractivity contribution is 5.76. The number of amides is 1. The van der Waals surface area contributed by atoms with Crippen molar-refractivity contribution in [2.24, 2.45) is 0 Å². The molecule has 0 saturated carbocycles. The molecule has 0 aromatic carbocycles. The van der Waals surface area contributed by atoms with E-state index in [0.29, 0.717) is 12.5 Å². The van der Waals surface area contributed by atoms with Gasteiger partial charge in [0.1, 0.15) is 0 Å². The molecule has 1 rings (SSSR count). The lowest BCUT2D eigenvalue weighted by molar-refractivity contribution is -0.130. The minimum atomic E-state index is 0.253. The fraction of sp³-hybridized carbons (Fsp3) is 0.909. The van der Waals surface area contributed by atoms with Crippen LogP contribution in [0.5, 0.6) is 0 Å². The molecule has 0 aliphatic carbocycles. The van der Waals surface area contributed by atoms with Crippen molar-refractivity contribution in [2.75, 3.05) is 39.8 Å². The van der Waals surface area contributed by atoms with Crippen LogP contribution in [0.15, 0.2) is 0 Å². The minimum Gasteiger partial charge on any atom is -0.346 e. The molecule has 0 aromatic heterocycles. The molecule has 4 nitrogen and oxygen atoms in total. The summed E-state index contributed by atoms with van der Waals surface area (Å²) >= 11 is 0. The Morgan fingerprint density at radius 1 is 1.47 bits per heavy atom. The van der Waals surface area contributed by atoms with Crippen LogP contribution in [0.25, 0.3) is 0 Å². The second kappa shape index (κ2) is 6.08. The summed E-state index contributed by atoms with van der Waals surface area (Å²) in [5.41, 5.74) is 0. The lowest BCUT2D eigenvalue weighted by Crippen LogP contribution is -2.48. The van der Waals surface area contributed by atoms with Gasteiger partial charge in [0.2, 0.25) is 5.91 Å². The van der Waals surface area contributed by atoms with Crippen molar-refractivity contribution in [2.45, 2.75) is 26.3 Å². The van der Waals surface area contributed by atoms with Gasteiger partial charge in [-0.05, 0) is 13.8 Å². The van der Waals surface area contributed by atoms with Gasteiger partial charge in [0, 0.05) is 52.2 Å². The Morgan fingerprint density at radius 2 is 2.07 bits per heavy atom. The Kier molecular flexibility index (Phi) is 5.05. The van der Waals surface area contributed by atoms with E-state index in [0.717, 1.165) is 32.7 Å². The van der Waals surface area contributed by atoms with E-state index < -0.39 is 0 Å². The zero-order valence-electron chi connectivity index (χ0n) is 10.1. The average molecular weight is 213 g/mol. The summed E-state index contributed by atoms with van der Waals surface area (Å²) in [5, 5.41) is 3.32. The zero-order chi connectivity index (χ0) is 11.3. The first-order valence-electron chi connectivity index (χ1n) is 5.84. The van der Waals surface area contributed by atoms with Gasteiger partial charge in [-0.3, -0.25) is 9.69 Å². The number of hydrogen-bond donors (Lipinski definition) is 1. The summed E-state index contributed by atoms with van der Waals surface area (Å²) in [6, 6.07) is 0.369. The van der Waals surface area contributed by atoms with Crippen LogP contribution >= 0.6 is 0 Å². The van der Waals surface area contributed by atoms with E-state index in [2.05, 4.69) is 17.1 Å². The molecule has 1 aliphatic heterocycles. The van der Waals surface area contributed by atoms with Gasteiger partial charge >= 0.3 is 0 Å². The maximum Gasteiger partial charge on any atom is 0.223 e. The molecule has 88 valence electrons. The predicted molar refractivity (Wildman–Crippen MR) is 61.8 cm³/mol. The summed E-state index contributed by atoms with van der Waals surface area (Å²) in [6.07, 6.45) is 0.643. The van der Waals surface area contributed by atoms with Crippen molar-refractivity contribution in [3.63, 3.8) is 0 Å². The van der Waals surface area contributed by atoms with Crippen molar-refractivity contribution >= 4 is 5.91 Å². The molecule has 1 N–H and O–H groups in total. The number of nitrogens with one attached hydrogen (secondary N) is 1. The Labute approximate surface area is 92.6 Å². The van der Waals surface area contributed by atoms with Crippen molar-refractivity contribution in [3.05, 3.63) is 0 Å². The number of piperazine rings is 1. The van der Waals surface area contributed by atoms with Gasteiger partial charge in [0.15, 0.2) is 0 Å². The number of hydrogen-bond acceptors (Lipinski definition) is 3. The van der Waals surface area contributed by atoms with Crippen LogP contribution in [0.2, 0.25) is 0 Å². The molecular formula is C11H23N3O. The second-order valence-corrected chi connectivity index (χ2v) is 4.25. The van der Waals surface area contributed by atoms with Crippen LogP contribution < -0.4 is 5.32 Å². The maximum absolute atomic E-state index is 11.7. The zero-order valence-corrected chi connectivity index (χ0v) is 10.1. The molecular weight excluding hydrogens is 190 g/mol. The van der Waals surface area contributed by atoms with Crippen LogP contribution in [-0.2, 0) is 4.79 Å². The molecule has 1 fully saturated rings. The molecule has 1 saturated heterocycles. The van der Waals surface area contributed by atoms with Gasteiger partial charge < -0.3 is 10.2 Å². The number of nitrogens with zero attached hydrogens (tertiary/aromatic N) is 2. The largest absolute Gasteiger partial charge is 0.346 e. The van der Waals surface area contributed by atoms with E-state index in [1.165, 1.54) is 0 Å². The number of rotatable bonds is 4. The first-order chi connectivity index (χ1) is 7.15. The van der Waals surface area contributed by atoms with E-state index in [1.54, 1.807) is 4.90 Å². The standard InChI is InChI=1S/C11H23N3O/c1-4-13(3)11(15)9-10(2)14-7-5-12-6-8-14/h10,12H,4-9H2,1-3H3. The van der Waals surface area contributed by atoms with Crippen molar-refractivity contribution in [3.8, 4) is 0 Å². The molecule has 15 heavy (non-hydrogen) atoms. The molecule has 1 atom stereocenters. The third-order valence-electron chi connectivity index (χ3n) is 3.15. The van der Waals surface area contributed by atoms with Crippen LogP contribution in [0.1, 0.15) is 20.3 Å². The molecule has 1 heterocycles. The second-order valence-electron chi connectivity index (χ2n) is 4.25. The summed E-state index contributed by atoms with van der Waals surface area (Å²) in [4.78, 5) is 15.9. The monoisotopic (exact) mass is 213 g/mol. The van der Waals surface area contributed by atoms with Crippen LogP contribution in [0, 0.1) is 0 Å². The Balaban J connectivity index is 2.33. The molecule has 1 aliphatic rings. The van der Waals surface area contributed by atoms with Crippen molar-refractivity contribution in [1.82, 2.24) is 15.1 Å². The Morgan fingerprint density at radius 3 is 2.60 bits per heavy atom. The highest BCUT2D eigenvalue weighted by atomic mass is 16.2. The average Bonchev–Trinajstić information content (AvgIpc) is 2.29. The highest BCUT2D eigenvalue weighted by Crippen LogP contribution is 2.06. The van der Waals surface area contributed by atoms with E-state index in [1.807, 2.05) is 14.0 Å². The van der Waals surface area contributed by atoms with Crippen molar-refractivity contribution in [1.29, 1.82) is 0 Å². The Hall–Kier alpha value is -0.610. The lowest BCUT2D eigenvalue weighted by Gasteiger charge is -2.33.